The van der Waals surface area contributed by atoms with Crippen LogP contribution in [-0.4, -0.2) is 16.8 Å². The Hall–Kier alpha value is -1.79. The molecular formula is C20H12BrCl3N2O2. The normalized spacial score (nSPS) is 15.6. The van der Waals surface area contributed by atoms with Crippen LogP contribution < -0.4 is 0 Å². The van der Waals surface area contributed by atoms with Crippen molar-refractivity contribution in [2.45, 2.75) is 13.0 Å². The highest BCUT2D eigenvalue weighted by atomic mass is 79.9. The lowest BCUT2D eigenvalue weighted by Crippen LogP contribution is -2.20. The molecule has 0 aliphatic carbocycles. The average Bonchev–Trinajstić information content (AvgIpc) is 3.02. The zero-order valence-corrected chi connectivity index (χ0v) is 18.3. The van der Waals surface area contributed by atoms with Gasteiger partial charge in [-0.05, 0) is 58.7 Å². The van der Waals surface area contributed by atoms with E-state index in [0.29, 0.717) is 37.7 Å². The van der Waals surface area contributed by atoms with Gasteiger partial charge in [-0.15, -0.1) is 0 Å². The molecule has 28 heavy (non-hydrogen) atoms. The number of aldehydes is 1. The van der Waals surface area contributed by atoms with Crippen molar-refractivity contribution >= 4 is 68.6 Å². The molecule has 4 rings (SSSR count). The summed E-state index contributed by atoms with van der Waals surface area (Å²) in [6.45, 7) is 1.89. The molecule has 8 heteroatoms. The van der Waals surface area contributed by atoms with Crippen LogP contribution in [0.1, 0.15) is 22.9 Å². The lowest BCUT2D eigenvalue weighted by Gasteiger charge is -2.24. The van der Waals surface area contributed by atoms with Crippen LogP contribution in [0.3, 0.4) is 0 Å². The Morgan fingerprint density at radius 2 is 1.89 bits per heavy atom. The fraction of sp³-hybridized carbons (Fsp3) is 0.100. The van der Waals surface area contributed by atoms with E-state index in [4.69, 9.17) is 39.5 Å². The van der Waals surface area contributed by atoms with E-state index in [1.54, 1.807) is 34.9 Å². The van der Waals surface area contributed by atoms with Crippen molar-refractivity contribution < 1.29 is 9.53 Å². The molecule has 0 radical (unpaired) electrons. The summed E-state index contributed by atoms with van der Waals surface area (Å²) in [5.41, 5.74) is 3.35. The van der Waals surface area contributed by atoms with Gasteiger partial charge in [0.25, 0.3) is 0 Å². The summed E-state index contributed by atoms with van der Waals surface area (Å²) in [5, 5.41) is 1.48. The first kappa shape index (κ1) is 19.5. The molecule has 0 saturated carbocycles. The number of benzene rings is 2. The van der Waals surface area contributed by atoms with E-state index in [2.05, 4.69) is 20.9 Å². The molecule has 0 N–H and O–H groups in total. The van der Waals surface area contributed by atoms with Crippen molar-refractivity contribution in [3.05, 3.63) is 79.0 Å². The smallest absolute Gasteiger partial charge is 0.239 e. The van der Waals surface area contributed by atoms with E-state index in [1.807, 2.05) is 19.2 Å². The second-order valence-electron chi connectivity index (χ2n) is 6.24. The summed E-state index contributed by atoms with van der Waals surface area (Å²) >= 11 is 22.4. The number of aromatic nitrogens is 1. The Morgan fingerprint density at radius 3 is 2.57 bits per heavy atom. The van der Waals surface area contributed by atoms with Crippen molar-refractivity contribution in [1.82, 2.24) is 4.57 Å². The van der Waals surface area contributed by atoms with Gasteiger partial charge in [0.1, 0.15) is 5.69 Å². The Bertz CT molecular complexity index is 1120. The number of halogens is 4. The van der Waals surface area contributed by atoms with Gasteiger partial charge in [0.05, 0.1) is 21.4 Å². The van der Waals surface area contributed by atoms with Crippen molar-refractivity contribution in [2.75, 3.05) is 0 Å². The quantitative estimate of drug-likeness (QED) is 0.371. The second kappa shape index (κ2) is 7.56. The monoisotopic (exact) mass is 496 g/mol. The molecule has 0 spiro atoms. The van der Waals surface area contributed by atoms with E-state index in [1.165, 1.54) is 0 Å². The SMILES string of the molecule is Cc1cc(Cl)cc2c1N=C(c1cc(Br)cn1-c1c(Cl)cccc1Cl)OC2C=O. The zero-order valence-electron chi connectivity index (χ0n) is 14.4. The molecule has 1 aliphatic rings. The Morgan fingerprint density at radius 1 is 1.18 bits per heavy atom. The Balaban J connectivity index is 1.94. The molecule has 142 valence electrons. The summed E-state index contributed by atoms with van der Waals surface area (Å²) in [4.78, 5) is 16.4. The minimum absolute atomic E-state index is 0.289. The highest BCUT2D eigenvalue weighted by Crippen LogP contribution is 2.39. The fourth-order valence-corrected chi connectivity index (χ4v) is 4.44. The standard InChI is InChI=1S/C20H12BrCl3N2O2/c1-10-5-12(22)7-13-17(9-27)28-20(25-18(10)13)16-6-11(21)8-26(16)19-14(23)3-2-4-15(19)24/h2-9,17H,1H3. The number of nitrogens with zero attached hydrogens (tertiary/aromatic N) is 2. The number of carbonyl (C=O) groups excluding carboxylic acids is 1. The molecule has 2 aromatic carbocycles. The van der Waals surface area contributed by atoms with Crippen LogP contribution >= 0.6 is 50.7 Å². The van der Waals surface area contributed by atoms with Gasteiger partial charge in [-0.3, -0.25) is 4.79 Å². The van der Waals surface area contributed by atoms with Crippen LogP contribution in [0.15, 0.2) is 52.1 Å². The van der Waals surface area contributed by atoms with Crippen molar-refractivity contribution in [2.24, 2.45) is 4.99 Å². The van der Waals surface area contributed by atoms with E-state index in [-0.39, 0.29) is 5.90 Å². The van der Waals surface area contributed by atoms with Gasteiger partial charge in [-0.1, -0.05) is 40.9 Å². The maximum Gasteiger partial charge on any atom is 0.239 e. The van der Waals surface area contributed by atoms with Gasteiger partial charge < -0.3 is 9.30 Å². The minimum Gasteiger partial charge on any atom is -0.460 e. The number of hydrogen-bond acceptors (Lipinski definition) is 3. The topological polar surface area (TPSA) is 43.6 Å². The maximum atomic E-state index is 11.7. The molecule has 0 bridgehead atoms. The van der Waals surface area contributed by atoms with Crippen molar-refractivity contribution in [3.63, 3.8) is 0 Å². The van der Waals surface area contributed by atoms with Gasteiger partial charge in [0, 0.05) is 21.3 Å². The average molecular weight is 499 g/mol. The predicted octanol–water partition coefficient (Wildman–Crippen LogP) is 6.86. The summed E-state index contributed by atoms with van der Waals surface area (Å²) < 4.78 is 8.48. The molecule has 1 unspecified atom stereocenters. The third-order valence-electron chi connectivity index (χ3n) is 4.36. The molecule has 0 saturated heterocycles. The zero-order chi connectivity index (χ0) is 20.0. The van der Waals surface area contributed by atoms with Crippen LogP contribution in [0.4, 0.5) is 5.69 Å². The van der Waals surface area contributed by atoms with Gasteiger partial charge in [0.15, 0.2) is 12.4 Å². The van der Waals surface area contributed by atoms with Gasteiger partial charge in [-0.25, -0.2) is 4.99 Å². The number of carbonyl (C=O) groups is 1. The van der Waals surface area contributed by atoms with E-state index >= 15 is 0 Å². The lowest BCUT2D eigenvalue weighted by atomic mass is 10.0. The van der Waals surface area contributed by atoms with Gasteiger partial charge in [0.2, 0.25) is 5.90 Å². The van der Waals surface area contributed by atoms with Crippen molar-refractivity contribution in [1.29, 1.82) is 0 Å². The largest absolute Gasteiger partial charge is 0.460 e. The van der Waals surface area contributed by atoms with E-state index < -0.39 is 6.10 Å². The lowest BCUT2D eigenvalue weighted by molar-refractivity contribution is -0.114. The minimum atomic E-state index is -0.816. The van der Waals surface area contributed by atoms with E-state index in [9.17, 15) is 4.79 Å². The van der Waals surface area contributed by atoms with E-state index in [0.717, 1.165) is 16.3 Å². The van der Waals surface area contributed by atoms with Crippen LogP contribution in [0.5, 0.6) is 0 Å². The number of rotatable bonds is 3. The number of hydrogen-bond donors (Lipinski definition) is 0. The van der Waals surface area contributed by atoms with Crippen molar-refractivity contribution in [3.8, 4) is 5.69 Å². The first-order valence-electron chi connectivity index (χ1n) is 8.22. The Kier molecular flexibility index (Phi) is 5.27. The van der Waals surface area contributed by atoms with Gasteiger partial charge >= 0.3 is 0 Å². The van der Waals surface area contributed by atoms with Crippen LogP contribution in [0, 0.1) is 6.92 Å². The number of aryl methyl sites for hydroxylation is 1. The molecule has 1 atom stereocenters. The fourth-order valence-electron chi connectivity index (χ4n) is 3.16. The Labute approximate surface area is 184 Å². The number of aliphatic imine (C=N–C) groups is 1. The van der Waals surface area contributed by atoms with Crippen LogP contribution in [0.25, 0.3) is 5.69 Å². The summed E-state index contributed by atoms with van der Waals surface area (Å²) in [6.07, 6.45) is 1.73. The first-order chi connectivity index (χ1) is 13.4. The third-order valence-corrected chi connectivity index (χ3v) is 5.62. The summed E-state index contributed by atoms with van der Waals surface area (Å²) in [6, 6.07) is 10.6. The second-order valence-corrected chi connectivity index (χ2v) is 8.40. The number of para-hydroxylation sites is 1. The molecule has 2 heterocycles. The molecule has 1 aromatic heterocycles. The number of fused-ring (bicyclic) bond motifs is 1. The first-order valence-corrected chi connectivity index (χ1v) is 10.1. The highest BCUT2D eigenvalue weighted by molar-refractivity contribution is 9.10. The molecule has 0 fully saturated rings. The highest BCUT2D eigenvalue weighted by Gasteiger charge is 2.28. The molecular weight excluding hydrogens is 486 g/mol. The van der Waals surface area contributed by atoms with Crippen LogP contribution in [-0.2, 0) is 9.53 Å². The predicted molar refractivity (Wildman–Crippen MR) is 116 cm³/mol. The molecule has 0 amide bonds. The molecule has 4 nitrogen and oxygen atoms in total. The number of ether oxygens (including phenoxy) is 1. The molecule has 1 aliphatic heterocycles. The van der Waals surface area contributed by atoms with Crippen LogP contribution in [0.2, 0.25) is 15.1 Å². The summed E-state index contributed by atoms with van der Waals surface area (Å²) in [7, 11) is 0. The third kappa shape index (κ3) is 3.37. The van der Waals surface area contributed by atoms with Gasteiger partial charge in [-0.2, -0.15) is 0 Å². The maximum absolute atomic E-state index is 11.7. The summed E-state index contributed by atoms with van der Waals surface area (Å²) in [5.74, 6) is 0.289. The molecule has 3 aromatic rings.